The molecule has 1 saturated carbocycles. The molecule has 7 nitrogen and oxygen atoms in total. The zero-order valence-corrected chi connectivity index (χ0v) is 18.9. The van der Waals surface area contributed by atoms with Crippen molar-refractivity contribution in [2.24, 2.45) is 0 Å². The minimum Gasteiger partial charge on any atom is -0.495 e. The molecule has 2 heterocycles. The van der Waals surface area contributed by atoms with Crippen LogP contribution in [0.5, 0.6) is 5.75 Å². The van der Waals surface area contributed by atoms with Gasteiger partial charge in [-0.2, -0.15) is 0 Å². The van der Waals surface area contributed by atoms with Crippen LogP contribution >= 0.6 is 0 Å². The average Bonchev–Trinajstić information content (AvgIpc) is 3.69. The van der Waals surface area contributed by atoms with Crippen LogP contribution in [0.15, 0.2) is 72.3 Å². The van der Waals surface area contributed by atoms with Gasteiger partial charge >= 0.3 is 0 Å². The number of hydrogen-bond donors (Lipinski definition) is 0. The molecule has 174 valence electrons. The lowest BCUT2D eigenvalue weighted by molar-refractivity contribution is 0.150. The first-order chi connectivity index (χ1) is 16.4. The third kappa shape index (κ3) is 3.94. The summed E-state index contributed by atoms with van der Waals surface area (Å²) in [6.07, 6.45) is 4.69. The van der Waals surface area contributed by atoms with E-state index in [4.69, 9.17) is 4.74 Å². The number of methoxy groups -OCH3 is 1. The highest BCUT2D eigenvalue weighted by atomic mass is 32.2. The van der Waals surface area contributed by atoms with Crippen molar-refractivity contribution < 1.29 is 21.9 Å². The summed E-state index contributed by atoms with van der Waals surface area (Å²) in [6, 6.07) is 10.6. The molecule has 34 heavy (non-hydrogen) atoms. The van der Waals surface area contributed by atoms with Gasteiger partial charge < -0.3 is 4.74 Å². The molecule has 0 unspecified atom stereocenters. The first-order valence-electron chi connectivity index (χ1n) is 10.5. The Labute approximate surface area is 195 Å². The van der Waals surface area contributed by atoms with Crippen LogP contribution in [-0.2, 0) is 10.0 Å². The number of ether oxygens (including phenoxy) is 1. The van der Waals surface area contributed by atoms with Crippen molar-refractivity contribution in [3.8, 4) is 5.75 Å². The topological polar surface area (TPSA) is 85.3 Å². The van der Waals surface area contributed by atoms with Crippen molar-refractivity contribution in [3.05, 3.63) is 78.5 Å². The Morgan fingerprint density at radius 2 is 1.82 bits per heavy atom. The van der Waals surface area contributed by atoms with Crippen LogP contribution in [0.3, 0.4) is 0 Å². The van der Waals surface area contributed by atoms with Crippen molar-refractivity contribution in [1.29, 1.82) is 0 Å². The van der Waals surface area contributed by atoms with E-state index >= 15 is 0 Å². The predicted molar refractivity (Wildman–Crippen MR) is 123 cm³/mol. The molecule has 0 spiro atoms. The predicted octanol–water partition coefficient (Wildman–Crippen LogP) is 5.38. The molecular formula is C24H20F2N4O3S. The summed E-state index contributed by atoms with van der Waals surface area (Å²) in [7, 11) is -2.91. The van der Waals surface area contributed by atoms with Gasteiger partial charge in [-0.1, -0.05) is 6.07 Å². The quantitative estimate of drug-likeness (QED) is 0.352. The van der Waals surface area contributed by atoms with Crippen LogP contribution in [0.4, 0.5) is 20.3 Å². The summed E-state index contributed by atoms with van der Waals surface area (Å²) in [6.45, 7) is 0. The van der Waals surface area contributed by atoms with E-state index in [1.54, 1.807) is 30.6 Å². The fourth-order valence-electron chi connectivity index (χ4n) is 3.97. The second kappa shape index (κ2) is 8.60. The first kappa shape index (κ1) is 22.1. The number of anilines is 2. The normalized spacial score (nSPS) is 13.9. The fraction of sp³-hybridized carbons (Fsp3) is 0.208. The second-order valence-corrected chi connectivity index (χ2v) is 9.74. The van der Waals surface area contributed by atoms with E-state index in [1.165, 1.54) is 43.9 Å². The molecule has 2 aromatic carbocycles. The van der Waals surface area contributed by atoms with Crippen molar-refractivity contribution in [2.75, 3.05) is 11.4 Å². The number of sulfonamides is 1. The maximum Gasteiger partial charge on any atom is 0.270 e. The Morgan fingerprint density at radius 1 is 1.03 bits per heavy atom. The molecule has 5 rings (SSSR count). The molecule has 0 radical (unpaired) electrons. The van der Waals surface area contributed by atoms with Crippen molar-refractivity contribution in [1.82, 2.24) is 15.0 Å². The largest absolute Gasteiger partial charge is 0.495 e. The maximum absolute atomic E-state index is 14.0. The van der Waals surface area contributed by atoms with Crippen LogP contribution < -0.4 is 9.04 Å². The van der Waals surface area contributed by atoms with E-state index in [9.17, 15) is 17.2 Å². The molecule has 0 aliphatic heterocycles. The molecule has 0 N–H and O–H groups in total. The van der Waals surface area contributed by atoms with Crippen LogP contribution in [0.2, 0.25) is 0 Å². The van der Waals surface area contributed by atoms with Gasteiger partial charge in [-0.15, -0.1) is 0 Å². The van der Waals surface area contributed by atoms with Crippen molar-refractivity contribution in [2.45, 2.75) is 30.1 Å². The van der Waals surface area contributed by atoms with E-state index in [0.29, 0.717) is 10.9 Å². The minimum atomic E-state index is -4.23. The lowest BCUT2D eigenvalue weighted by Crippen LogP contribution is -2.28. The number of pyridine rings is 1. The van der Waals surface area contributed by atoms with Crippen LogP contribution in [-0.4, -0.2) is 30.5 Å². The van der Waals surface area contributed by atoms with E-state index in [0.717, 1.165) is 22.5 Å². The zero-order chi connectivity index (χ0) is 23.9. The van der Waals surface area contributed by atoms with E-state index in [-0.39, 0.29) is 33.6 Å². The highest BCUT2D eigenvalue weighted by Crippen LogP contribution is 2.49. The third-order valence-electron chi connectivity index (χ3n) is 5.78. The summed E-state index contributed by atoms with van der Waals surface area (Å²) in [5.41, 5.74) is 0.383. The Hall–Kier alpha value is -3.66. The number of nitrogens with zero attached hydrogens (tertiary/aromatic N) is 4. The Morgan fingerprint density at radius 3 is 2.50 bits per heavy atom. The third-order valence-corrected chi connectivity index (χ3v) is 7.49. The van der Waals surface area contributed by atoms with Crippen molar-refractivity contribution in [3.63, 3.8) is 0 Å². The second-order valence-electron chi connectivity index (χ2n) is 7.95. The van der Waals surface area contributed by atoms with E-state index < -0.39 is 16.4 Å². The standard InChI is InChI=1S/C24H20F2N4O3S/c1-33-22-12-20(24(25)26)19(15-2-3-15)11-21(22)30(23-7-9-28-14-29-23)34(31,32)18-5-4-17-13-27-8-6-16(17)10-18/h4-15,24H,2-3H2,1H3. The van der Waals surface area contributed by atoms with Crippen LogP contribution in [0.25, 0.3) is 10.8 Å². The van der Waals surface area contributed by atoms with Gasteiger partial charge in [0.2, 0.25) is 0 Å². The Kier molecular flexibility index (Phi) is 5.60. The number of aromatic nitrogens is 3. The van der Waals surface area contributed by atoms with E-state index in [1.807, 2.05) is 0 Å². The number of halogens is 2. The van der Waals surface area contributed by atoms with Gasteiger partial charge in [0, 0.05) is 35.6 Å². The molecule has 2 aromatic heterocycles. The highest BCUT2D eigenvalue weighted by molar-refractivity contribution is 7.93. The molecule has 0 saturated heterocycles. The summed E-state index contributed by atoms with van der Waals surface area (Å²) in [5.74, 6) is 0.0262. The first-order valence-corrected chi connectivity index (χ1v) is 12.0. The Balaban J connectivity index is 1.75. The van der Waals surface area contributed by atoms with E-state index in [2.05, 4.69) is 15.0 Å². The molecule has 0 bridgehead atoms. The molecule has 0 atom stereocenters. The van der Waals surface area contributed by atoms with Gasteiger partial charge in [-0.25, -0.2) is 31.5 Å². The number of alkyl halides is 2. The number of fused-ring (bicyclic) bond motifs is 1. The van der Waals surface area contributed by atoms with Crippen molar-refractivity contribution >= 4 is 32.3 Å². The van der Waals surface area contributed by atoms with Gasteiger partial charge in [-0.3, -0.25) is 4.98 Å². The van der Waals surface area contributed by atoms with Crippen LogP contribution in [0, 0.1) is 0 Å². The number of hydrogen-bond acceptors (Lipinski definition) is 6. The summed E-state index contributed by atoms with van der Waals surface area (Å²) >= 11 is 0. The SMILES string of the molecule is COc1cc(C(F)F)c(C2CC2)cc1N(c1ccncn1)S(=O)(=O)c1ccc2cnccc2c1. The van der Waals surface area contributed by atoms with Crippen LogP contribution in [0.1, 0.15) is 36.3 Å². The molecule has 4 aromatic rings. The minimum absolute atomic E-state index is 0.00637. The smallest absolute Gasteiger partial charge is 0.270 e. The van der Waals surface area contributed by atoms with Gasteiger partial charge in [0.1, 0.15) is 17.8 Å². The molecule has 1 fully saturated rings. The van der Waals surface area contributed by atoms with Gasteiger partial charge in [-0.05, 0) is 60.0 Å². The molecule has 1 aliphatic carbocycles. The number of benzene rings is 2. The monoisotopic (exact) mass is 482 g/mol. The van der Waals surface area contributed by atoms with Gasteiger partial charge in [0.05, 0.1) is 12.0 Å². The zero-order valence-electron chi connectivity index (χ0n) is 18.1. The van der Waals surface area contributed by atoms with Gasteiger partial charge in [0.15, 0.2) is 5.82 Å². The lowest BCUT2D eigenvalue weighted by atomic mass is 10.0. The maximum atomic E-state index is 14.0. The van der Waals surface area contributed by atoms with Gasteiger partial charge in [0.25, 0.3) is 16.4 Å². The summed E-state index contributed by atoms with van der Waals surface area (Å²) in [5, 5.41) is 1.47. The lowest BCUT2D eigenvalue weighted by Gasteiger charge is -2.26. The molecule has 0 amide bonds. The average molecular weight is 483 g/mol. The molecule has 1 aliphatic rings. The molecular weight excluding hydrogens is 462 g/mol. The summed E-state index contributed by atoms with van der Waals surface area (Å²) < 4.78 is 62.1. The molecule has 10 heteroatoms. The Bertz CT molecular complexity index is 1460. The fourth-order valence-corrected chi connectivity index (χ4v) is 5.45. The highest BCUT2D eigenvalue weighted by Gasteiger charge is 2.35. The summed E-state index contributed by atoms with van der Waals surface area (Å²) in [4.78, 5) is 12.1. The number of rotatable bonds is 7.